The molecule has 0 aliphatic rings. The Labute approximate surface area is 156 Å². The Morgan fingerprint density at radius 1 is 1.11 bits per heavy atom. The Morgan fingerprint density at radius 3 is 2.41 bits per heavy atom. The van der Waals surface area contributed by atoms with Crippen LogP contribution in [-0.2, 0) is 9.53 Å². The summed E-state index contributed by atoms with van der Waals surface area (Å²) in [6, 6.07) is 14.0. The molecule has 1 aromatic heterocycles. The number of nitrogens with zero attached hydrogens (tertiary/aromatic N) is 4. The first-order valence-electron chi connectivity index (χ1n) is 8.34. The summed E-state index contributed by atoms with van der Waals surface area (Å²) in [5.41, 5.74) is 3.14. The predicted molar refractivity (Wildman–Crippen MR) is 97.2 cm³/mol. The number of esters is 1. The zero-order valence-corrected chi connectivity index (χ0v) is 15.0. The Balaban J connectivity index is 1.77. The van der Waals surface area contributed by atoms with Crippen molar-refractivity contribution in [2.45, 2.75) is 19.4 Å². The topological polar surface area (TPSA) is 99.0 Å². The largest absolute Gasteiger partial charge is 0.469 e. The smallest absolute Gasteiger partial charge is 0.307 e. The fraction of sp³-hybridized carbons (Fsp3) is 0.211. The third-order valence-electron chi connectivity index (χ3n) is 4.13. The van der Waals surface area contributed by atoms with Gasteiger partial charge in [0.15, 0.2) is 0 Å². The van der Waals surface area contributed by atoms with Crippen molar-refractivity contribution in [2.24, 2.45) is 0 Å². The number of tetrazole rings is 1. The summed E-state index contributed by atoms with van der Waals surface area (Å²) < 4.78 is 6.25. The number of ether oxygens (including phenoxy) is 1. The molecule has 0 saturated heterocycles. The van der Waals surface area contributed by atoms with Gasteiger partial charge in [-0.15, -0.1) is 5.10 Å². The first-order valence-corrected chi connectivity index (χ1v) is 8.34. The van der Waals surface area contributed by atoms with Crippen molar-refractivity contribution in [1.29, 1.82) is 0 Å². The standard InChI is InChI=1S/C19H19N5O3/c1-13-3-5-14(6-4-13)17(11-18(25)27-2)21-19(26)15-7-9-16(10-8-15)24-12-20-22-23-24/h3-10,12,17H,11H2,1-2H3,(H,21,26)/t17-/m0/s1. The van der Waals surface area contributed by atoms with Crippen LogP contribution in [-0.4, -0.2) is 39.2 Å². The van der Waals surface area contributed by atoms with Crippen LogP contribution in [0.5, 0.6) is 0 Å². The van der Waals surface area contributed by atoms with Crippen LogP contribution < -0.4 is 5.32 Å². The second kappa shape index (κ2) is 8.22. The van der Waals surface area contributed by atoms with Gasteiger partial charge < -0.3 is 10.1 Å². The highest BCUT2D eigenvalue weighted by Gasteiger charge is 2.19. The van der Waals surface area contributed by atoms with Gasteiger partial charge in [-0.2, -0.15) is 0 Å². The summed E-state index contributed by atoms with van der Waals surface area (Å²) in [7, 11) is 1.33. The molecule has 0 aliphatic heterocycles. The number of carbonyl (C=O) groups excluding carboxylic acids is 2. The highest BCUT2D eigenvalue weighted by atomic mass is 16.5. The molecule has 0 unspecified atom stereocenters. The van der Waals surface area contributed by atoms with Crippen LogP contribution in [0.2, 0.25) is 0 Å². The number of hydrogen-bond acceptors (Lipinski definition) is 6. The summed E-state index contributed by atoms with van der Waals surface area (Å²) in [5.74, 6) is -0.678. The van der Waals surface area contributed by atoms with E-state index in [2.05, 4.69) is 20.8 Å². The SMILES string of the molecule is COC(=O)C[C@H](NC(=O)c1ccc(-n2cnnn2)cc1)c1ccc(C)cc1. The van der Waals surface area contributed by atoms with Crippen LogP contribution in [0.15, 0.2) is 54.9 Å². The van der Waals surface area contributed by atoms with Crippen LogP contribution in [0.3, 0.4) is 0 Å². The van der Waals surface area contributed by atoms with Crippen molar-refractivity contribution in [3.05, 3.63) is 71.5 Å². The van der Waals surface area contributed by atoms with E-state index in [1.54, 1.807) is 24.3 Å². The van der Waals surface area contributed by atoms with E-state index in [1.165, 1.54) is 18.1 Å². The number of rotatable bonds is 6. The fourth-order valence-electron chi connectivity index (χ4n) is 2.59. The molecule has 0 fully saturated rings. The van der Waals surface area contributed by atoms with E-state index in [-0.39, 0.29) is 12.3 Å². The Hall–Kier alpha value is -3.55. The monoisotopic (exact) mass is 365 g/mol. The van der Waals surface area contributed by atoms with E-state index in [0.717, 1.165) is 16.8 Å². The third-order valence-corrected chi connectivity index (χ3v) is 4.13. The average molecular weight is 365 g/mol. The van der Waals surface area contributed by atoms with Crippen molar-refractivity contribution in [1.82, 2.24) is 25.5 Å². The number of benzene rings is 2. The van der Waals surface area contributed by atoms with Crippen LogP contribution in [0.1, 0.15) is 33.9 Å². The number of aryl methyl sites for hydroxylation is 1. The minimum Gasteiger partial charge on any atom is -0.469 e. The molecule has 2 aromatic carbocycles. The number of hydrogen-bond donors (Lipinski definition) is 1. The predicted octanol–water partition coefficient (Wildman–Crippen LogP) is 2.00. The van der Waals surface area contributed by atoms with Gasteiger partial charge in [0.25, 0.3) is 5.91 Å². The number of nitrogens with one attached hydrogen (secondary N) is 1. The van der Waals surface area contributed by atoms with Crippen molar-refractivity contribution in [2.75, 3.05) is 7.11 Å². The summed E-state index contributed by atoms with van der Waals surface area (Å²) in [5, 5.41) is 13.9. The van der Waals surface area contributed by atoms with Crippen LogP contribution >= 0.6 is 0 Å². The van der Waals surface area contributed by atoms with Gasteiger partial charge in [0, 0.05) is 5.56 Å². The van der Waals surface area contributed by atoms with E-state index in [4.69, 9.17) is 4.74 Å². The lowest BCUT2D eigenvalue weighted by Crippen LogP contribution is -2.30. The molecule has 1 heterocycles. The highest BCUT2D eigenvalue weighted by Crippen LogP contribution is 2.19. The van der Waals surface area contributed by atoms with E-state index in [0.29, 0.717) is 5.56 Å². The number of amides is 1. The molecular weight excluding hydrogens is 346 g/mol. The molecule has 8 nitrogen and oxygen atoms in total. The van der Waals surface area contributed by atoms with Gasteiger partial charge in [0.1, 0.15) is 6.33 Å². The minimum atomic E-state index is -0.482. The molecule has 0 aliphatic carbocycles. The van der Waals surface area contributed by atoms with Crippen LogP contribution in [0, 0.1) is 6.92 Å². The minimum absolute atomic E-state index is 0.0496. The summed E-state index contributed by atoms with van der Waals surface area (Å²) in [6.45, 7) is 1.98. The van der Waals surface area contributed by atoms with E-state index < -0.39 is 12.0 Å². The zero-order valence-electron chi connectivity index (χ0n) is 15.0. The quantitative estimate of drug-likeness (QED) is 0.671. The third kappa shape index (κ3) is 4.55. The van der Waals surface area contributed by atoms with Crippen molar-refractivity contribution in [3.8, 4) is 5.69 Å². The van der Waals surface area contributed by atoms with Gasteiger partial charge in [0.2, 0.25) is 0 Å². The lowest BCUT2D eigenvalue weighted by Gasteiger charge is -2.18. The lowest BCUT2D eigenvalue weighted by molar-refractivity contribution is -0.141. The fourth-order valence-corrected chi connectivity index (χ4v) is 2.59. The second-order valence-electron chi connectivity index (χ2n) is 6.02. The van der Waals surface area contributed by atoms with Crippen LogP contribution in [0.4, 0.5) is 0 Å². The number of aromatic nitrogens is 4. The van der Waals surface area contributed by atoms with E-state index in [9.17, 15) is 9.59 Å². The summed E-state index contributed by atoms with van der Waals surface area (Å²) in [4.78, 5) is 24.4. The molecule has 0 saturated carbocycles. The molecule has 0 spiro atoms. The van der Waals surface area contributed by atoms with Gasteiger partial charge in [-0.3, -0.25) is 9.59 Å². The van der Waals surface area contributed by atoms with Gasteiger partial charge >= 0.3 is 5.97 Å². The molecule has 1 atom stereocenters. The molecule has 8 heteroatoms. The Kier molecular flexibility index (Phi) is 5.55. The van der Waals surface area contributed by atoms with Crippen LogP contribution in [0.25, 0.3) is 5.69 Å². The van der Waals surface area contributed by atoms with Gasteiger partial charge in [-0.05, 0) is 47.2 Å². The number of carbonyl (C=O) groups is 2. The highest BCUT2D eigenvalue weighted by molar-refractivity contribution is 5.94. The van der Waals surface area contributed by atoms with Crippen molar-refractivity contribution in [3.63, 3.8) is 0 Å². The van der Waals surface area contributed by atoms with Gasteiger partial charge in [0.05, 0.1) is 25.3 Å². The molecule has 27 heavy (non-hydrogen) atoms. The lowest BCUT2D eigenvalue weighted by atomic mass is 10.0. The maximum absolute atomic E-state index is 12.7. The Bertz CT molecular complexity index is 906. The van der Waals surface area contributed by atoms with Gasteiger partial charge in [-0.25, -0.2) is 4.68 Å². The molecule has 0 radical (unpaired) electrons. The van der Waals surface area contributed by atoms with Gasteiger partial charge in [-0.1, -0.05) is 29.8 Å². The average Bonchev–Trinajstić information content (AvgIpc) is 3.23. The summed E-state index contributed by atoms with van der Waals surface area (Å²) in [6.07, 6.45) is 1.52. The molecule has 138 valence electrons. The number of methoxy groups -OCH3 is 1. The molecular formula is C19H19N5O3. The summed E-state index contributed by atoms with van der Waals surface area (Å²) >= 11 is 0. The first kappa shape index (κ1) is 18.2. The van der Waals surface area contributed by atoms with Crippen molar-refractivity contribution >= 4 is 11.9 Å². The normalized spacial score (nSPS) is 11.6. The first-order chi connectivity index (χ1) is 13.1. The molecule has 1 N–H and O–H groups in total. The Morgan fingerprint density at radius 2 is 1.81 bits per heavy atom. The van der Waals surface area contributed by atoms with E-state index >= 15 is 0 Å². The molecule has 1 amide bonds. The van der Waals surface area contributed by atoms with E-state index in [1.807, 2.05) is 31.2 Å². The second-order valence-corrected chi connectivity index (χ2v) is 6.02. The van der Waals surface area contributed by atoms with Crippen molar-refractivity contribution < 1.29 is 14.3 Å². The zero-order chi connectivity index (χ0) is 19.2. The molecule has 3 aromatic rings. The maximum atomic E-state index is 12.7. The molecule has 0 bridgehead atoms. The molecule has 3 rings (SSSR count). The maximum Gasteiger partial charge on any atom is 0.307 e.